The van der Waals surface area contributed by atoms with Gasteiger partial charge in [0, 0.05) is 6.42 Å². The Labute approximate surface area is 112 Å². The van der Waals surface area contributed by atoms with Crippen molar-refractivity contribution in [2.45, 2.75) is 6.42 Å². The van der Waals surface area contributed by atoms with Crippen molar-refractivity contribution in [3.8, 4) is 11.5 Å². The van der Waals surface area contributed by atoms with Crippen LogP contribution in [0, 0.1) is 10.2 Å². The van der Waals surface area contributed by atoms with Crippen LogP contribution in [-0.2, 0) is 6.42 Å². The van der Waals surface area contributed by atoms with Gasteiger partial charge in [0.15, 0.2) is 0 Å². The first-order chi connectivity index (χ1) is 8.93. The van der Waals surface area contributed by atoms with Gasteiger partial charge in [0.25, 0.3) is 0 Å². The molecule has 2 aromatic rings. The highest BCUT2D eigenvalue weighted by molar-refractivity contribution is 5.49. The van der Waals surface area contributed by atoms with Crippen LogP contribution in [-0.4, -0.2) is 4.66 Å². The van der Waals surface area contributed by atoms with Crippen molar-refractivity contribution in [3.63, 3.8) is 0 Å². The second kappa shape index (κ2) is 5.56. The number of rotatable bonds is 0. The summed E-state index contributed by atoms with van der Waals surface area (Å²) in [7, 11) is -4.69. The molecule has 6 heteroatoms. The van der Waals surface area contributed by atoms with E-state index >= 15 is 0 Å². The third kappa shape index (κ3) is 4.20. The third-order valence-corrected chi connectivity index (χ3v) is 2.55. The fraction of sp³-hybridized carbons (Fsp3) is 0.0769. The zero-order valence-electron chi connectivity index (χ0n) is 9.78. The Kier molecular flexibility index (Phi) is 4.04. The minimum absolute atomic E-state index is 0.979. The van der Waals surface area contributed by atoms with Crippen molar-refractivity contribution in [1.82, 2.24) is 0 Å². The average Bonchev–Trinajstić information content (AvgIpc) is 2.34. The zero-order valence-corrected chi connectivity index (χ0v) is 10.5. The molecule has 2 aromatic carbocycles. The van der Waals surface area contributed by atoms with Gasteiger partial charge in [-0.2, -0.15) is 14.0 Å². The van der Waals surface area contributed by atoms with Gasteiger partial charge in [-0.3, -0.25) is 0 Å². The van der Waals surface area contributed by atoms with Crippen LogP contribution in [0.1, 0.15) is 11.1 Å². The van der Waals surface area contributed by atoms with Crippen LogP contribution in [0.5, 0.6) is 11.5 Å². The van der Waals surface area contributed by atoms with Crippen molar-refractivity contribution < 1.29 is 33.6 Å². The van der Waals surface area contributed by atoms with Gasteiger partial charge in [-0.15, -0.1) is 0 Å². The Morgan fingerprint density at radius 1 is 0.842 bits per heavy atom. The molecule has 100 valence electrons. The molecule has 0 amide bonds. The summed E-state index contributed by atoms with van der Waals surface area (Å²) >= 11 is 0. The van der Waals surface area contributed by atoms with E-state index in [1.807, 2.05) is 24.3 Å². The smallest absolute Gasteiger partial charge is 0.130 e. The van der Waals surface area contributed by atoms with E-state index in [2.05, 4.69) is 24.3 Å². The molecule has 0 radical (unpaired) electrons. The third-order valence-electron chi connectivity index (χ3n) is 2.55. The van der Waals surface area contributed by atoms with Crippen molar-refractivity contribution in [1.29, 1.82) is 0 Å². The second-order valence-electron chi connectivity index (χ2n) is 3.89. The molecule has 0 bridgehead atoms. The summed E-state index contributed by atoms with van der Waals surface area (Å²) < 4.78 is 38.5. The van der Waals surface area contributed by atoms with Crippen molar-refractivity contribution >= 4 is 0 Å². The van der Waals surface area contributed by atoms with Crippen LogP contribution in [0.25, 0.3) is 0 Å². The molecule has 0 spiro atoms. The Morgan fingerprint density at radius 2 is 1.21 bits per heavy atom. The Bertz CT molecular complexity index is 471. The van der Waals surface area contributed by atoms with Gasteiger partial charge in [0.1, 0.15) is 11.5 Å². The number of halogens is 1. The number of hydrogen-bond donors (Lipinski definition) is 1. The predicted molar refractivity (Wildman–Crippen MR) is 58.0 cm³/mol. The molecule has 0 saturated heterocycles. The first kappa shape index (κ1) is 13.8. The van der Waals surface area contributed by atoms with Crippen LogP contribution in [0.4, 0.5) is 0 Å². The number of ether oxygens (including phenoxy) is 1. The minimum Gasteiger partial charge on any atom is -0.457 e. The number of para-hydroxylation sites is 2. The molecule has 0 aliphatic carbocycles. The quantitative estimate of drug-likeness (QED) is 0.585. The van der Waals surface area contributed by atoms with Gasteiger partial charge in [0.2, 0.25) is 0 Å². The molecule has 1 N–H and O–H groups in total. The molecule has 1 aliphatic rings. The Balaban J connectivity index is 0.000000232. The van der Waals surface area contributed by atoms with Gasteiger partial charge in [-0.25, -0.2) is 0 Å². The fourth-order valence-corrected chi connectivity index (χ4v) is 1.82. The SMILES string of the molecule is [O-][Cl+3]([O-])([O-])O.c1ccc2c(c1)Cc1ccccc1O2. The molecular weight excluding hydrogens is 272 g/mol. The van der Waals surface area contributed by atoms with Crippen LogP contribution in [0.3, 0.4) is 0 Å². The summed E-state index contributed by atoms with van der Waals surface area (Å²) in [6.45, 7) is 0. The second-order valence-corrected chi connectivity index (χ2v) is 4.68. The maximum absolute atomic E-state index is 8.60. The molecule has 0 fully saturated rings. The van der Waals surface area contributed by atoms with E-state index in [-0.39, 0.29) is 0 Å². The van der Waals surface area contributed by atoms with E-state index < -0.39 is 10.2 Å². The average molecular weight is 283 g/mol. The summed E-state index contributed by atoms with van der Waals surface area (Å²) in [5, 5.41) is 0. The number of benzene rings is 2. The minimum atomic E-state index is -4.69. The molecule has 0 saturated carbocycles. The van der Waals surface area contributed by atoms with Crippen LogP contribution < -0.4 is 18.7 Å². The van der Waals surface area contributed by atoms with E-state index in [1.54, 1.807) is 0 Å². The van der Waals surface area contributed by atoms with E-state index in [4.69, 9.17) is 23.4 Å². The standard InChI is InChI=1S/C13H10O.ClHO4/c1-3-7-12-10(5-1)9-11-6-2-4-8-13(11)14-12;2-1(3,4)5/h1-8H,9H2;(H,2,3,4,5). The Morgan fingerprint density at radius 3 is 1.63 bits per heavy atom. The molecule has 3 rings (SSSR count). The molecule has 1 heterocycles. The normalized spacial score (nSPS) is 12.4. The van der Waals surface area contributed by atoms with E-state index in [0.717, 1.165) is 17.9 Å². The van der Waals surface area contributed by atoms with E-state index in [9.17, 15) is 0 Å². The highest BCUT2D eigenvalue weighted by Gasteiger charge is 2.14. The van der Waals surface area contributed by atoms with Crippen molar-refractivity contribution in [2.24, 2.45) is 0 Å². The monoisotopic (exact) mass is 282 g/mol. The van der Waals surface area contributed by atoms with Gasteiger partial charge >= 0.3 is 0 Å². The molecular formula is C13H11ClO5. The number of hydrogen-bond acceptors (Lipinski definition) is 5. The maximum Gasteiger partial charge on any atom is 0.130 e. The lowest BCUT2D eigenvalue weighted by atomic mass is 10.0. The largest absolute Gasteiger partial charge is 0.457 e. The van der Waals surface area contributed by atoms with Gasteiger partial charge < -0.3 is 4.74 Å². The lowest BCUT2D eigenvalue weighted by Gasteiger charge is -2.19. The lowest BCUT2D eigenvalue weighted by molar-refractivity contribution is -1.92. The number of fused-ring (bicyclic) bond motifs is 2. The topological polar surface area (TPSA) is 98.6 Å². The molecule has 0 aromatic heterocycles. The van der Waals surface area contributed by atoms with Gasteiger partial charge in [0.05, 0.1) is 14.9 Å². The highest BCUT2D eigenvalue weighted by Crippen LogP contribution is 2.35. The van der Waals surface area contributed by atoms with Crippen LogP contribution >= 0.6 is 0 Å². The van der Waals surface area contributed by atoms with E-state index in [0.29, 0.717) is 0 Å². The van der Waals surface area contributed by atoms with Crippen LogP contribution in [0.2, 0.25) is 0 Å². The van der Waals surface area contributed by atoms with Crippen molar-refractivity contribution in [2.75, 3.05) is 0 Å². The molecule has 0 atom stereocenters. The van der Waals surface area contributed by atoms with E-state index in [1.165, 1.54) is 11.1 Å². The zero-order chi connectivity index (χ0) is 13.9. The van der Waals surface area contributed by atoms with Gasteiger partial charge in [-0.05, 0) is 23.3 Å². The van der Waals surface area contributed by atoms with Crippen LogP contribution in [0.15, 0.2) is 48.5 Å². The highest BCUT2D eigenvalue weighted by atomic mass is 35.7. The first-order valence-corrected chi connectivity index (χ1v) is 6.67. The fourth-order valence-electron chi connectivity index (χ4n) is 1.82. The summed E-state index contributed by atoms with van der Waals surface area (Å²) in [4.78, 5) is 0. The summed E-state index contributed by atoms with van der Waals surface area (Å²) in [5.74, 6) is 1.98. The summed E-state index contributed by atoms with van der Waals surface area (Å²) in [6.07, 6.45) is 0.979. The Hall–Kier alpha value is -1.63. The molecule has 19 heavy (non-hydrogen) atoms. The predicted octanol–water partition coefficient (Wildman–Crippen LogP) is -0.741. The molecule has 5 nitrogen and oxygen atoms in total. The van der Waals surface area contributed by atoms with Crippen molar-refractivity contribution in [3.05, 3.63) is 59.7 Å². The first-order valence-electron chi connectivity index (χ1n) is 5.40. The van der Waals surface area contributed by atoms with Gasteiger partial charge in [-0.1, -0.05) is 36.4 Å². The lowest BCUT2D eigenvalue weighted by Crippen LogP contribution is -2.58. The maximum atomic E-state index is 8.60. The molecule has 0 unspecified atom stereocenters. The summed E-state index contributed by atoms with van der Waals surface area (Å²) in [6, 6.07) is 16.4. The summed E-state index contributed by atoms with van der Waals surface area (Å²) in [5.41, 5.74) is 2.54. The molecule has 1 aliphatic heterocycles.